The zero-order valence-corrected chi connectivity index (χ0v) is 14.0. The van der Waals surface area contributed by atoms with E-state index in [2.05, 4.69) is 33.2 Å². The molecule has 112 valence electrons. The standard InChI is InChI=1S/C17H15IN2O2/c18-13-2-1-3-15(10-13)20-17(22)12-6-8-14(9-7-12)19-16(21)11-4-5-11/h1-3,6-11H,4-5H2,(H,19,21)(H,20,22). The summed E-state index contributed by atoms with van der Waals surface area (Å²) in [7, 11) is 0. The third-order valence-electron chi connectivity index (χ3n) is 3.45. The summed E-state index contributed by atoms with van der Waals surface area (Å²) in [5.74, 6) is 0.0710. The highest BCUT2D eigenvalue weighted by molar-refractivity contribution is 14.1. The lowest BCUT2D eigenvalue weighted by Crippen LogP contribution is -2.14. The van der Waals surface area contributed by atoms with Crippen molar-refractivity contribution in [1.82, 2.24) is 0 Å². The largest absolute Gasteiger partial charge is 0.326 e. The maximum atomic E-state index is 12.2. The van der Waals surface area contributed by atoms with Gasteiger partial charge in [-0.05, 0) is 77.9 Å². The summed E-state index contributed by atoms with van der Waals surface area (Å²) in [6.07, 6.45) is 1.95. The van der Waals surface area contributed by atoms with Gasteiger partial charge in [0.25, 0.3) is 5.91 Å². The molecule has 2 N–H and O–H groups in total. The van der Waals surface area contributed by atoms with Gasteiger partial charge in [-0.1, -0.05) is 6.07 Å². The zero-order chi connectivity index (χ0) is 15.5. The Bertz CT molecular complexity index is 709. The molecule has 0 heterocycles. The molecule has 0 unspecified atom stereocenters. The molecule has 1 saturated carbocycles. The van der Waals surface area contributed by atoms with Crippen molar-refractivity contribution in [3.05, 3.63) is 57.7 Å². The van der Waals surface area contributed by atoms with E-state index in [0.29, 0.717) is 5.56 Å². The van der Waals surface area contributed by atoms with E-state index in [0.717, 1.165) is 27.8 Å². The summed E-state index contributed by atoms with van der Waals surface area (Å²) in [6, 6.07) is 14.6. The third kappa shape index (κ3) is 3.85. The fourth-order valence-corrected chi connectivity index (χ4v) is 2.61. The minimum Gasteiger partial charge on any atom is -0.326 e. The summed E-state index contributed by atoms with van der Waals surface area (Å²) >= 11 is 2.20. The molecular formula is C17H15IN2O2. The molecule has 0 bridgehead atoms. The van der Waals surface area contributed by atoms with Gasteiger partial charge in [0, 0.05) is 26.4 Å². The van der Waals surface area contributed by atoms with Gasteiger partial charge in [-0.15, -0.1) is 0 Å². The lowest BCUT2D eigenvalue weighted by atomic mass is 10.2. The van der Waals surface area contributed by atoms with Crippen molar-refractivity contribution >= 4 is 45.8 Å². The van der Waals surface area contributed by atoms with Gasteiger partial charge in [-0.3, -0.25) is 9.59 Å². The zero-order valence-electron chi connectivity index (χ0n) is 11.8. The Kier molecular flexibility index (Phi) is 4.42. The molecule has 0 aromatic heterocycles. The van der Waals surface area contributed by atoms with Crippen molar-refractivity contribution < 1.29 is 9.59 Å². The van der Waals surface area contributed by atoms with Gasteiger partial charge in [0.1, 0.15) is 0 Å². The van der Waals surface area contributed by atoms with Crippen LogP contribution in [0.5, 0.6) is 0 Å². The first kappa shape index (κ1) is 15.0. The molecule has 4 nitrogen and oxygen atoms in total. The molecule has 3 rings (SSSR count). The molecule has 2 aromatic rings. The van der Waals surface area contributed by atoms with Crippen LogP contribution in [0.3, 0.4) is 0 Å². The molecule has 22 heavy (non-hydrogen) atoms. The highest BCUT2D eigenvalue weighted by Crippen LogP contribution is 2.30. The molecule has 2 amide bonds. The average molecular weight is 406 g/mol. The van der Waals surface area contributed by atoms with Gasteiger partial charge in [0.2, 0.25) is 5.91 Å². The first-order valence-corrected chi connectivity index (χ1v) is 8.17. The summed E-state index contributed by atoms with van der Waals surface area (Å²) in [5.41, 5.74) is 2.05. The Morgan fingerprint density at radius 2 is 1.68 bits per heavy atom. The van der Waals surface area contributed by atoms with Crippen molar-refractivity contribution in [3.63, 3.8) is 0 Å². The summed E-state index contributed by atoms with van der Waals surface area (Å²) in [4.78, 5) is 23.9. The Morgan fingerprint density at radius 3 is 2.32 bits per heavy atom. The predicted molar refractivity (Wildman–Crippen MR) is 94.9 cm³/mol. The number of hydrogen-bond donors (Lipinski definition) is 2. The van der Waals surface area contributed by atoms with Gasteiger partial charge in [0.05, 0.1) is 0 Å². The summed E-state index contributed by atoms with van der Waals surface area (Å²) in [6.45, 7) is 0. The lowest BCUT2D eigenvalue weighted by molar-refractivity contribution is -0.117. The van der Waals surface area contributed by atoms with Crippen LogP contribution in [0, 0.1) is 9.49 Å². The van der Waals surface area contributed by atoms with Crippen LogP contribution in [0.25, 0.3) is 0 Å². The Morgan fingerprint density at radius 1 is 0.955 bits per heavy atom. The first-order chi connectivity index (χ1) is 10.6. The number of halogens is 1. The highest BCUT2D eigenvalue weighted by atomic mass is 127. The minimum atomic E-state index is -0.165. The molecule has 1 fully saturated rings. The van der Waals surface area contributed by atoms with Crippen molar-refractivity contribution in [2.24, 2.45) is 5.92 Å². The van der Waals surface area contributed by atoms with Gasteiger partial charge in [-0.2, -0.15) is 0 Å². The van der Waals surface area contributed by atoms with Gasteiger partial charge >= 0.3 is 0 Å². The number of amides is 2. The normalized spacial score (nSPS) is 13.5. The van der Waals surface area contributed by atoms with Gasteiger partial charge in [0.15, 0.2) is 0 Å². The van der Waals surface area contributed by atoms with Gasteiger partial charge in [-0.25, -0.2) is 0 Å². The van der Waals surface area contributed by atoms with Crippen molar-refractivity contribution in [1.29, 1.82) is 0 Å². The highest BCUT2D eigenvalue weighted by Gasteiger charge is 2.29. The van der Waals surface area contributed by atoms with E-state index in [1.807, 2.05) is 24.3 Å². The topological polar surface area (TPSA) is 58.2 Å². The second-order valence-corrected chi connectivity index (χ2v) is 6.55. The predicted octanol–water partition coefficient (Wildman–Crippen LogP) is 3.89. The van der Waals surface area contributed by atoms with E-state index in [1.165, 1.54) is 0 Å². The second-order valence-electron chi connectivity index (χ2n) is 5.31. The second kappa shape index (κ2) is 6.48. The van der Waals surface area contributed by atoms with Crippen molar-refractivity contribution in [2.45, 2.75) is 12.8 Å². The third-order valence-corrected chi connectivity index (χ3v) is 4.12. The average Bonchev–Trinajstić information content (AvgIpc) is 3.32. The number of carbonyl (C=O) groups excluding carboxylic acids is 2. The Labute approximate surface area is 142 Å². The van der Waals surface area contributed by atoms with E-state index < -0.39 is 0 Å². The van der Waals surface area contributed by atoms with Gasteiger partial charge < -0.3 is 10.6 Å². The molecule has 0 aliphatic heterocycles. The van der Waals surface area contributed by atoms with E-state index in [9.17, 15) is 9.59 Å². The fraction of sp³-hybridized carbons (Fsp3) is 0.176. The Hall–Kier alpha value is -1.89. The van der Waals surface area contributed by atoms with Crippen LogP contribution in [-0.4, -0.2) is 11.8 Å². The van der Waals surface area contributed by atoms with E-state index in [4.69, 9.17) is 0 Å². The van der Waals surface area contributed by atoms with Crippen LogP contribution in [-0.2, 0) is 4.79 Å². The molecule has 0 spiro atoms. The SMILES string of the molecule is O=C(Nc1cccc(I)c1)c1ccc(NC(=O)C2CC2)cc1. The number of hydrogen-bond acceptors (Lipinski definition) is 2. The number of anilines is 2. The van der Waals surface area contributed by atoms with Crippen molar-refractivity contribution in [2.75, 3.05) is 10.6 Å². The maximum absolute atomic E-state index is 12.2. The molecule has 2 aromatic carbocycles. The first-order valence-electron chi connectivity index (χ1n) is 7.10. The van der Waals surface area contributed by atoms with E-state index >= 15 is 0 Å². The van der Waals surface area contributed by atoms with Crippen molar-refractivity contribution in [3.8, 4) is 0 Å². The number of rotatable bonds is 4. The monoisotopic (exact) mass is 406 g/mol. The molecule has 1 aliphatic rings. The molecule has 5 heteroatoms. The minimum absolute atomic E-state index is 0.0658. The van der Waals surface area contributed by atoms with E-state index in [1.54, 1.807) is 24.3 Å². The van der Waals surface area contributed by atoms with Crippen LogP contribution in [0.4, 0.5) is 11.4 Å². The van der Waals surface area contributed by atoms with Crippen LogP contribution in [0.2, 0.25) is 0 Å². The molecule has 0 atom stereocenters. The number of carbonyl (C=O) groups is 2. The Balaban J connectivity index is 1.64. The molecule has 1 aliphatic carbocycles. The molecule has 0 saturated heterocycles. The molecule has 0 radical (unpaired) electrons. The van der Waals surface area contributed by atoms with Crippen LogP contribution < -0.4 is 10.6 Å². The lowest BCUT2D eigenvalue weighted by Gasteiger charge is -2.07. The maximum Gasteiger partial charge on any atom is 0.255 e. The summed E-state index contributed by atoms with van der Waals surface area (Å²) in [5, 5.41) is 5.71. The molecular weight excluding hydrogens is 391 g/mol. The van der Waals surface area contributed by atoms with E-state index in [-0.39, 0.29) is 17.7 Å². The summed E-state index contributed by atoms with van der Waals surface area (Å²) < 4.78 is 1.06. The smallest absolute Gasteiger partial charge is 0.255 e. The quantitative estimate of drug-likeness (QED) is 0.757. The van der Waals surface area contributed by atoms with Crippen LogP contribution in [0.1, 0.15) is 23.2 Å². The van der Waals surface area contributed by atoms with Crippen LogP contribution >= 0.6 is 22.6 Å². The van der Waals surface area contributed by atoms with Crippen LogP contribution in [0.15, 0.2) is 48.5 Å². The fourth-order valence-electron chi connectivity index (χ4n) is 2.06. The number of nitrogens with one attached hydrogen (secondary N) is 2. The number of benzene rings is 2.